The van der Waals surface area contributed by atoms with Crippen LogP contribution in [0.5, 0.6) is 0 Å². The van der Waals surface area contributed by atoms with E-state index in [1.54, 1.807) is 0 Å². The van der Waals surface area contributed by atoms with E-state index in [1.165, 1.54) is 81.1 Å². The molecule has 0 bridgehead atoms. The molecule has 20 heavy (non-hydrogen) atoms. The number of aromatic nitrogens is 2. The number of rotatable bonds is 4. The molecule has 2 saturated carbocycles. The van der Waals surface area contributed by atoms with Crippen LogP contribution in [0.1, 0.15) is 64.2 Å². The van der Waals surface area contributed by atoms with Crippen molar-refractivity contribution in [1.29, 1.82) is 0 Å². The van der Waals surface area contributed by atoms with Gasteiger partial charge in [0.15, 0.2) is 0 Å². The Morgan fingerprint density at radius 2 is 1.15 bits per heavy atom. The molecule has 0 radical (unpaired) electrons. The fourth-order valence-corrected chi connectivity index (χ4v) is 4.75. The van der Waals surface area contributed by atoms with Gasteiger partial charge in [0, 0.05) is 0 Å². The number of imidazole rings is 1. The first-order chi connectivity index (χ1) is 9.83. The Morgan fingerprint density at radius 3 is 1.55 bits per heavy atom. The van der Waals surface area contributed by atoms with Crippen LogP contribution in [-0.4, -0.2) is 9.13 Å². The second-order valence-electron chi connectivity index (χ2n) is 6.85. The summed E-state index contributed by atoms with van der Waals surface area (Å²) in [6.07, 6.45) is 19.1. The zero-order valence-corrected chi connectivity index (χ0v) is 14.8. The molecule has 1 heterocycles. The summed E-state index contributed by atoms with van der Waals surface area (Å²) >= 11 is 2.54. The van der Waals surface area contributed by atoms with Crippen molar-refractivity contribution in [3.63, 3.8) is 0 Å². The predicted octanol–water partition coefficient (Wildman–Crippen LogP) is 4.53. The standard InChI is InChI=1S/C17H28N2.Pt/c1-3-7-16(8-4-1)13-18-11-12-19(15-18)14-17-9-5-2-6-10-17;/h11-12,16-17H,1-10,13-14H2;. The predicted molar refractivity (Wildman–Crippen MR) is 78.8 cm³/mol. The van der Waals surface area contributed by atoms with Crippen LogP contribution in [0.3, 0.4) is 0 Å². The zero-order chi connectivity index (χ0) is 13.8. The van der Waals surface area contributed by atoms with Crippen LogP contribution in [0, 0.1) is 15.6 Å². The van der Waals surface area contributed by atoms with Crippen molar-refractivity contribution in [3.05, 3.63) is 16.2 Å². The molecule has 2 fully saturated rings. The van der Waals surface area contributed by atoms with E-state index in [4.69, 9.17) is 0 Å². The fourth-order valence-electron chi connectivity index (χ4n) is 4.00. The van der Waals surface area contributed by atoms with Gasteiger partial charge in [-0.2, -0.15) is 0 Å². The molecule has 0 aromatic carbocycles. The SMILES string of the molecule is [Pt]=[c]1n(CC2CCCCC2)ccn1CC1CCCCC1. The molecule has 0 spiro atoms. The average molecular weight is 456 g/mol. The van der Waals surface area contributed by atoms with Gasteiger partial charge >= 0.3 is 134 Å². The number of nitrogens with zero attached hydrogens (tertiary/aromatic N) is 2. The Hall–Kier alpha value is -0.102. The molecule has 116 valence electrons. The van der Waals surface area contributed by atoms with Crippen molar-refractivity contribution >= 4 is 0 Å². The van der Waals surface area contributed by atoms with Crippen LogP contribution in [0.2, 0.25) is 0 Å². The minimum atomic E-state index is 0.924. The molecule has 2 nitrogen and oxygen atoms in total. The van der Waals surface area contributed by atoms with Crippen LogP contribution in [0.25, 0.3) is 0 Å². The molecule has 0 saturated heterocycles. The van der Waals surface area contributed by atoms with E-state index in [1.807, 2.05) is 0 Å². The van der Waals surface area contributed by atoms with Gasteiger partial charge in [-0.05, 0) is 0 Å². The summed E-state index contributed by atoms with van der Waals surface area (Å²) in [6.45, 7) is 2.49. The van der Waals surface area contributed by atoms with E-state index in [0.29, 0.717) is 0 Å². The van der Waals surface area contributed by atoms with E-state index in [2.05, 4.69) is 40.9 Å². The second kappa shape index (κ2) is 7.25. The average Bonchev–Trinajstić information content (AvgIpc) is 2.83. The maximum absolute atomic E-state index is 2.54. The molecule has 2 aliphatic carbocycles. The van der Waals surface area contributed by atoms with Gasteiger partial charge in [-0.1, -0.05) is 0 Å². The van der Waals surface area contributed by atoms with Gasteiger partial charge in [-0.15, -0.1) is 0 Å². The van der Waals surface area contributed by atoms with Gasteiger partial charge in [-0.3, -0.25) is 0 Å². The van der Waals surface area contributed by atoms with Crippen LogP contribution in [-0.2, 0) is 32.4 Å². The molecule has 3 heteroatoms. The van der Waals surface area contributed by atoms with Crippen molar-refractivity contribution in [2.45, 2.75) is 77.3 Å². The van der Waals surface area contributed by atoms with Gasteiger partial charge in [0.25, 0.3) is 0 Å². The summed E-state index contributed by atoms with van der Waals surface area (Å²) in [7, 11) is 0. The second-order valence-corrected chi connectivity index (χ2v) is 7.87. The number of hydrogen-bond donors (Lipinski definition) is 0. The van der Waals surface area contributed by atoms with E-state index >= 15 is 0 Å². The summed E-state index contributed by atoms with van der Waals surface area (Å²) in [4.78, 5) is 0. The van der Waals surface area contributed by atoms with Crippen LogP contribution in [0.4, 0.5) is 0 Å². The monoisotopic (exact) mass is 455 g/mol. The minimum absolute atomic E-state index is 0.924. The molecule has 1 aromatic heterocycles. The topological polar surface area (TPSA) is 9.86 Å². The first-order valence-electron chi connectivity index (χ1n) is 8.54. The Balaban J connectivity index is 1.60. The van der Waals surface area contributed by atoms with Gasteiger partial charge < -0.3 is 0 Å². The molecule has 0 unspecified atom stereocenters. The summed E-state index contributed by atoms with van der Waals surface area (Å²) in [5, 5.41) is 0. The quantitative estimate of drug-likeness (QED) is 0.632. The molecule has 1 aromatic rings. The Labute approximate surface area is 134 Å². The van der Waals surface area contributed by atoms with Crippen molar-refractivity contribution in [3.8, 4) is 0 Å². The van der Waals surface area contributed by atoms with Gasteiger partial charge in [0.05, 0.1) is 0 Å². The van der Waals surface area contributed by atoms with Crippen LogP contribution >= 0.6 is 0 Å². The molecule has 0 amide bonds. The normalized spacial score (nSPS) is 22.3. The van der Waals surface area contributed by atoms with E-state index in [-0.39, 0.29) is 0 Å². The maximum atomic E-state index is 2.54. The third kappa shape index (κ3) is 3.75. The third-order valence-electron chi connectivity index (χ3n) is 5.22. The van der Waals surface area contributed by atoms with Crippen molar-refractivity contribution in [1.82, 2.24) is 9.13 Å². The Morgan fingerprint density at radius 1 is 0.750 bits per heavy atom. The number of hydrogen-bond acceptors (Lipinski definition) is 0. The van der Waals surface area contributed by atoms with Gasteiger partial charge in [0.2, 0.25) is 0 Å². The van der Waals surface area contributed by atoms with E-state index in [0.717, 1.165) is 11.8 Å². The molecule has 0 aliphatic heterocycles. The molecule has 2 aliphatic rings. The van der Waals surface area contributed by atoms with Gasteiger partial charge in [-0.25, -0.2) is 0 Å². The first-order valence-corrected chi connectivity index (χ1v) is 9.67. The third-order valence-corrected chi connectivity index (χ3v) is 6.53. The molecule has 0 N–H and O–H groups in total. The summed E-state index contributed by atoms with van der Waals surface area (Å²) in [5.74, 6) is 1.85. The molecule has 3 rings (SSSR count). The molecular weight excluding hydrogens is 427 g/mol. The van der Waals surface area contributed by atoms with E-state index in [9.17, 15) is 0 Å². The fraction of sp³-hybridized carbons (Fsp3) is 0.824. The Bertz CT molecular complexity index is 421. The van der Waals surface area contributed by atoms with Crippen molar-refractivity contribution < 1.29 is 19.4 Å². The summed E-state index contributed by atoms with van der Waals surface area (Å²) < 4.78 is 6.45. The summed E-state index contributed by atoms with van der Waals surface area (Å²) in [6, 6.07) is 0. The first kappa shape index (κ1) is 14.8. The van der Waals surface area contributed by atoms with Crippen molar-refractivity contribution in [2.24, 2.45) is 11.8 Å². The van der Waals surface area contributed by atoms with Gasteiger partial charge in [0.1, 0.15) is 0 Å². The van der Waals surface area contributed by atoms with Crippen molar-refractivity contribution in [2.75, 3.05) is 0 Å². The Kier molecular flexibility index (Phi) is 5.37. The van der Waals surface area contributed by atoms with Crippen LogP contribution in [0.15, 0.2) is 12.4 Å². The van der Waals surface area contributed by atoms with Crippen LogP contribution < -0.4 is 0 Å². The summed E-state index contributed by atoms with van der Waals surface area (Å²) in [5.41, 5.74) is 0. The molecule has 0 atom stereocenters. The zero-order valence-electron chi connectivity index (χ0n) is 12.5. The molecular formula is C17H28N2Pt. The van der Waals surface area contributed by atoms with E-state index < -0.39 is 0 Å².